The largest absolute Gasteiger partial charge is 0.487 e. The van der Waals surface area contributed by atoms with E-state index >= 15 is 0 Å². The molecule has 1 aliphatic carbocycles. The number of amides is 1. The Balaban J connectivity index is 1.27. The van der Waals surface area contributed by atoms with E-state index in [9.17, 15) is 4.79 Å². The molecule has 1 aromatic heterocycles. The molecule has 1 spiro atoms. The summed E-state index contributed by atoms with van der Waals surface area (Å²) in [5.41, 5.74) is 2.16. The topological polar surface area (TPSA) is 54.5 Å². The smallest absolute Gasteiger partial charge is 0.220 e. The minimum atomic E-state index is -0.153. The second-order valence-corrected chi connectivity index (χ2v) is 8.87. The van der Waals surface area contributed by atoms with Gasteiger partial charge in [-0.1, -0.05) is 24.3 Å². The molecule has 1 N–H and O–H groups in total. The molecule has 1 atom stereocenters. The molecule has 1 unspecified atom stereocenters. The van der Waals surface area contributed by atoms with E-state index in [0.29, 0.717) is 12.5 Å². The van der Waals surface area contributed by atoms with Crippen molar-refractivity contribution in [3.05, 3.63) is 59.9 Å². The highest BCUT2D eigenvalue weighted by molar-refractivity contribution is 5.77. The zero-order chi connectivity index (χ0) is 19.7. The van der Waals surface area contributed by atoms with Crippen LogP contribution in [0.3, 0.4) is 0 Å². The van der Waals surface area contributed by atoms with Crippen LogP contribution in [0, 0.1) is 0 Å². The summed E-state index contributed by atoms with van der Waals surface area (Å²) in [5, 5.41) is 3.16. The summed E-state index contributed by atoms with van der Waals surface area (Å²) in [7, 11) is 0. The Bertz CT molecular complexity index is 857. The maximum atomic E-state index is 12.5. The number of ether oxygens (including phenoxy) is 1. The first-order chi connectivity index (χ1) is 14.2. The van der Waals surface area contributed by atoms with Crippen molar-refractivity contribution in [1.82, 2.24) is 15.2 Å². The van der Waals surface area contributed by atoms with Gasteiger partial charge in [0.1, 0.15) is 11.4 Å². The van der Waals surface area contributed by atoms with Crippen LogP contribution in [0.4, 0.5) is 0 Å². The van der Waals surface area contributed by atoms with Crippen molar-refractivity contribution in [3.8, 4) is 5.75 Å². The number of fused-ring (bicyclic) bond motifs is 1. The number of aromatic nitrogens is 1. The molecule has 1 saturated heterocycles. The predicted molar refractivity (Wildman–Crippen MR) is 112 cm³/mol. The van der Waals surface area contributed by atoms with E-state index in [0.717, 1.165) is 63.2 Å². The summed E-state index contributed by atoms with van der Waals surface area (Å²) in [4.78, 5) is 19.5. The number of nitrogens with one attached hydrogen (secondary N) is 1. The Labute approximate surface area is 172 Å². The maximum Gasteiger partial charge on any atom is 0.220 e. The van der Waals surface area contributed by atoms with E-state index < -0.39 is 0 Å². The average Bonchev–Trinajstić information content (AvgIpc) is 3.55. The van der Waals surface area contributed by atoms with E-state index in [-0.39, 0.29) is 17.4 Å². The van der Waals surface area contributed by atoms with E-state index in [1.165, 1.54) is 5.56 Å². The van der Waals surface area contributed by atoms with Crippen LogP contribution < -0.4 is 10.1 Å². The highest BCUT2D eigenvalue weighted by Crippen LogP contribution is 2.46. The minimum Gasteiger partial charge on any atom is -0.487 e. The Morgan fingerprint density at radius 2 is 1.93 bits per heavy atom. The predicted octanol–water partition coefficient (Wildman–Crippen LogP) is 3.65. The normalized spacial score (nSPS) is 23.2. The lowest BCUT2D eigenvalue weighted by Gasteiger charge is -2.47. The molecule has 2 fully saturated rings. The number of benzene rings is 1. The molecular formula is C24H29N3O2. The van der Waals surface area contributed by atoms with Crippen molar-refractivity contribution in [2.75, 3.05) is 13.1 Å². The average molecular weight is 392 g/mol. The fraction of sp³-hybridized carbons (Fsp3) is 0.500. The van der Waals surface area contributed by atoms with Crippen LogP contribution in [0.1, 0.15) is 55.7 Å². The number of carbonyl (C=O) groups excluding carboxylic acids is 1. The van der Waals surface area contributed by atoms with Crippen LogP contribution in [0.5, 0.6) is 5.75 Å². The molecule has 1 aromatic carbocycles. The molecule has 0 bridgehead atoms. The molecule has 3 aliphatic rings. The fourth-order valence-electron chi connectivity index (χ4n) is 4.81. The number of carbonyl (C=O) groups is 1. The van der Waals surface area contributed by atoms with Gasteiger partial charge < -0.3 is 10.1 Å². The number of nitrogens with zero attached hydrogens (tertiary/aromatic N) is 2. The zero-order valence-corrected chi connectivity index (χ0v) is 16.8. The lowest BCUT2D eigenvalue weighted by molar-refractivity contribution is -0.122. The molecule has 0 radical (unpaired) electrons. The molecule has 2 aromatic rings. The Morgan fingerprint density at radius 3 is 2.69 bits per heavy atom. The summed E-state index contributed by atoms with van der Waals surface area (Å²) < 4.78 is 6.59. The van der Waals surface area contributed by atoms with Crippen LogP contribution in [-0.4, -0.2) is 40.5 Å². The first-order valence-electron chi connectivity index (χ1n) is 10.9. The highest BCUT2D eigenvalue weighted by atomic mass is 16.5. The van der Waals surface area contributed by atoms with Crippen LogP contribution >= 0.6 is 0 Å². The number of pyridine rings is 1. The summed E-state index contributed by atoms with van der Waals surface area (Å²) in [6.07, 6.45) is 7.61. The quantitative estimate of drug-likeness (QED) is 0.845. The fourth-order valence-corrected chi connectivity index (χ4v) is 4.81. The van der Waals surface area contributed by atoms with Gasteiger partial charge in [0.05, 0.1) is 5.69 Å². The summed E-state index contributed by atoms with van der Waals surface area (Å²) in [6, 6.07) is 14.8. The van der Waals surface area contributed by atoms with Gasteiger partial charge in [-0.05, 0) is 55.9 Å². The van der Waals surface area contributed by atoms with Crippen molar-refractivity contribution in [2.24, 2.45) is 0 Å². The Hall–Kier alpha value is -2.40. The van der Waals surface area contributed by atoms with Crippen molar-refractivity contribution in [1.29, 1.82) is 0 Å². The van der Waals surface area contributed by atoms with E-state index in [1.54, 1.807) is 0 Å². The SMILES string of the molecule is O=C(CC1CC2(CCN(Cc3ccccn3)CC2)Oc2ccccc21)NC1CC1. The Kier molecular flexibility index (Phi) is 5.00. The lowest BCUT2D eigenvalue weighted by Crippen LogP contribution is -2.50. The molecule has 29 heavy (non-hydrogen) atoms. The molecule has 1 amide bonds. The van der Waals surface area contributed by atoms with Gasteiger partial charge in [0.15, 0.2) is 0 Å². The van der Waals surface area contributed by atoms with Crippen LogP contribution in [0.2, 0.25) is 0 Å². The zero-order valence-electron chi connectivity index (χ0n) is 16.8. The monoisotopic (exact) mass is 391 g/mol. The number of rotatable bonds is 5. The van der Waals surface area contributed by atoms with Gasteiger partial charge in [0.2, 0.25) is 5.91 Å². The Morgan fingerprint density at radius 1 is 1.14 bits per heavy atom. The first kappa shape index (κ1) is 18.6. The standard InChI is InChI=1S/C24H29N3O2/c28-23(26-19-8-9-19)15-18-16-24(29-22-7-2-1-6-21(18)22)10-13-27(14-11-24)17-20-5-3-4-12-25-20/h1-7,12,18-19H,8-11,13-17H2,(H,26,28). The first-order valence-corrected chi connectivity index (χ1v) is 10.9. The third kappa shape index (κ3) is 4.30. The van der Waals surface area contributed by atoms with Crippen LogP contribution in [0.15, 0.2) is 48.7 Å². The number of piperidine rings is 1. The molecule has 5 rings (SSSR count). The molecule has 5 nitrogen and oxygen atoms in total. The van der Waals surface area contributed by atoms with E-state index in [4.69, 9.17) is 4.74 Å². The molecule has 5 heteroatoms. The molecule has 3 heterocycles. The summed E-state index contributed by atoms with van der Waals surface area (Å²) >= 11 is 0. The van der Waals surface area contributed by atoms with Crippen molar-refractivity contribution < 1.29 is 9.53 Å². The number of hydrogen-bond donors (Lipinski definition) is 1. The third-order valence-electron chi connectivity index (χ3n) is 6.56. The van der Waals surface area contributed by atoms with Gasteiger partial charge in [-0.3, -0.25) is 14.7 Å². The highest BCUT2D eigenvalue weighted by Gasteiger charge is 2.43. The van der Waals surface area contributed by atoms with Crippen LogP contribution in [0.25, 0.3) is 0 Å². The number of hydrogen-bond acceptors (Lipinski definition) is 4. The second kappa shape index (κ2) is 7.79. The van der Waals surface area contributed by atoms with E-state index in [1.807, 2.05) is 24.4 Å². The lowest BCUT2D eigenvalue weighted by atomic mass is 9.76. The van der Waals surface area contributed by atoms with Crippen molar-refractivity contribution in [2.45, 2.75) is 62.6 Å². The van der Waals surface area contributed by atoms with Gasteiger partial charge >= 0.3 is 0 Å². The van der Waals surface area contributed by atoms with Crippen LogP contribution in [-0.2, 0) is 11.3 Å². The number of para-hydroxylation sites is 1. The molecular weight excluding hydrogens is 362 g/mol. The van der Waals surface area contributed by atoms with Gasteiger partial charge in [-0.25, -0.2) is 0 Å². The van der Waals surface area contributed by atoms with Gasteiger partial charge in [-0.2, -0.15) is 0 Å². The van der Waals surface area contributed by atoms with Gasteiger partial charge in [0.25, 0.3) is 0 Å². The maximum absolute atomic E-state index is 12.5. The molecule has 1 saturated carbocycles. The molecule has 2 aliphatic heterocycles. The summed E-state index contributed by atoms with van der Waals surface area (Å²) in [5.74, 6) is 1.40. The molecule has 152 valence electrons. The third-order valence-corrected chi connectivity index (χ3v) is 6.56. The minimum absolute atomic E-state index is 0.153. The van der Waals surface area contributed by atoms with Crippen molar-refractivity contribution in [3.63, 3.8) is 0 Å². The second-order valence-electron chi connectivity index (χ2n) is 8.87. The summed E-state index contributed by atoms with van der Waals surface area (Å²) in [6.45, 7) is 2.89. The van der Waals surface area contributed by atoms with Gasteiger partial charge in [-0.15, -0.1) is 0 Å². The van der Waals surface area contributed by atoms with Gasteiger partial charge in [0, 0.05) is 44.2 Å². The number of likely N-dealkylation sites (tertiary alicyclic amines) is 1. The van der Waals surface area contributed by atoms with Crippen molar-refractivity contribution >= 4 is 5.91 Å². The van der Waals surface area contributed by atoms with E-state index in [2.05, 4.69) is 39.5 Å².